The second-order valence-corrected chi connectivity index (χ2v) is 10.5. The first kappa shape index (κ1) is 22.7. The third-order valence-electron chi connectivity index (χ3n) is 6.18. The molecule has 1 aliphatic heterocycles. The lowest BCUT2D eigenvalue weighted by Gasteiger charge is -2.33. The van der Waals surface area contributed by atoms with Crippen molar-refractivity contribution < 1.29 is 13.2 Å². The van der Waals surface area contributed by atoms with Gasteiger partial charge in [0.15, 0.2) is 0 Å². The van der Waals surface area contributed by atoms with Crippen LogP contribution >= 0.6 is 0 Å². The van der Waals surface area contributed by atoms with Crippen LogP contribution in [0, 0.1) is 5.92 Å². The topological polar surface area (TPSA) is 62.7 Å². The molecule has 1 saturated heterocycles. The maximum absolute atomic E-state index is 13.3. The molecular weight excluding hydrogens is 422 g/mol. The lowest BCUT2D eigenvalue weighted by Crippen LogP contribution is -2.40. The molecule has 3 aromatic rings. The van der Waals surface area contributed by atoms with Gasteiger partial charge in [-0.1, -0.05) is 30.3 Å². The zero-order valence-corrected chi connectivity index (χ0v) is 19.4. The van der Waals surface area contributed by atoms with Gasteiger partial charge in [0.05, 0.1) is 11.5 Å². The van der Waals surface area contributed by atoms with Crippen molar-refractivity contribution in [3.05, 3.63) is 67.0 Å². The molecule has 32 heavy (non-hydrogen) atoms. The standard InChI is InChI=1S/C25H31N3O3S/c1-27(32(29,30)25-10-5-7-22-19-26-14-11-24(22)25)20-21-12-16-28(17-13-21)15-6-18-31-23-8-3-2-4-9-23/h2-5,7-11,14,19,21H,6,12-13,15-18,20H2,1H3. The predicted octanol–water partition coefficient (Wildman–Crippen LogP) is 4.04. The first-order valence-corrected chi connectivity index (χ1v) is 12.7. The van der Waals surface area contributed by atoms with Crippen LogP contribution in [0.4, 0.5) is 0 Å². The van der Waals surface area contributed by atoms with Crippen LogP contribution in [0.1, 0.15) is 19.3 Å². The van der Waals surface area contributed by atoms with Crippen molar-refractivity contribution in [3.8, 4) is 5.75 Å². The average Bonchev–Trinajstić information content (AvgIpc) is 2.83. The van der Waals surface area contributed by atoms with Crippen LogP contribution in [-0.2, 0) is 10.0 Å². The number of hydrogen-bond donors (Lipinski definition) is 0. The van der Waals surface area contributed by atoms with Crippen LogP contribution in [0.3, 0.4) is 0 Å². The van der Waals surface area contributed by atoms with Gasteiger partial charge >= 0.3 is 0 Å². The Morgan fingerprint density at radius 2 is 1.84 bits per heavy atom. The highest BCUT2D eigenvalue weighted by Crippen LogP contribution is 2.26. The Morgan fingerprint density at radius 3 is 2.62 bits per heavy atom. The van der Waals surface area contributed by atoms with Crippen LogP contribution in [0.5, 0.6) is 5.75 Å². The number of benzene rings is 2. The summed E-state index contributed by atoms with van der Waals surface area (Å²) in [7, 11) is -1.85. The summed E-state index contributed by atoms with van der Waals surface area (Å²) in [5, 5.41) is 1.56. The normalized spacial score (nSPS) is 15.9. The van der Waals surface area contributed by atoms with Crippen LogP contribution in [-0.4, -0.2) is 62.4 Å². The fourth-order valence-electron chi connectivity index (χ4n) is 4.33. The van der Waals surface area contributed by atoms with E-state index in [4.69, 9.17) is 4.74 Å². The second kappa shape index (κ2) is 10.4. The third-order valence-corrected chi connectivity index (χ3v) is 8.06. The number of ether oxygens (including phenoxy) is 1. The Kier molecular flexibility index (Phi) is 7.40. The molecule has 1 aliphatic rings. The molecule has 0 radical (unpaired) electrons. The number of rotatable bonds is 9. The molecule has 0 saturated carbocycles. The summed E-state index contributed by atoms with van der Waals surface area (Å²) in [6.07, 6.45) is 6.36. The van der Waals surface area contributed by atoms with Gasteiger partial charge in [-0.3, -0.25) is 4.98 Å². The van der Waals surface area contributed by atoms with E-state index in [1.165, 1.54) is 4.31 Å². The smallest absolute Gasteiger partial charge is 0.243 e. The predicted molar refractivity (Wildman–Crippen MR) is 127 cm³/mol. The van der Waals surface area contributed by atoms with Crippen molar-refractivity contribution in [2.24, 2.45) is 5.92 Å². The van der Waals surface area contributed by atoms with Gasteiger partial charge in [-0.2, -0.15) is 0 Å². The molecule has 0 atom stereocenters. The van der Waals surface area contributed by atoms with Crippen LogP contribution in [0.25, 0.3) is 10.8 Å². The lowest BCUT2D eigenvalue weighted by molar-refractivity contribution is 0.161. The number of nitrogens with zero attached hydrogens (tertiary/aromatic N) is 3. The number of fused-ring (bicyclic) bond motifs is 1. The molecule has 0 bridgehead atoms. The third kappa shape index (κ3) is 5.46. The van der Waals surface area contributed by atoms with Gasteiger partial charge in [0.2, 0.25) is 10.0 Å². The molecule has 1 fully saturated rings. The SMILES string of the molecule is CN(CC1CCN(CCCOc2ccccc2)CC1)S(=O)(=O)c1cccc2cnccc12. The highest BCUT2D eigenvalue weighted by atomic mass is 32.2. The van der Waals surface area contributed by atoms with Gasteiger partial charge in [0, 0.05) is 43.3 Å². The van der Waals surface area contributed by atoms with Crippen LogP contribution in [0.15, 0.2) is 71.9 Å². The summed E-state index contributed by atoms with van der Waals surface area (Å²) in [6, 6.07) is 17.0. The van der Waals surface area contributed by atoms with E-state index in [9.17, 15) is 8.42 Å². The van der Waals surface area contributed by atoms with Gasteiger partial charge in [0.25, 0.3) is 0 Å². The molecule has 7 heteroatoms. The molecule has 2 heterocycles. The summed E-state index contributed by atoms with van der Waals surface area (Å²) < 4.78 is 33.8. The number of sulfonamides is 1. The molecule has 0 spiro atoms. The number of aromatic nitrogens is 1. The van der Waals surface area contributed by atoms with Crippen molar-refractivity contribution in [1.82, 2.24) is 14.2 Å². The number of piperidine rings is 1. The largest absolute Gasteiger partial charge is 0.494 e. The van der Waals surface area contributed by atoms with Crippen molar-refractivity contribution in [2.45, 2.75) is 24.2 Å². The number of para-hydroxylation sites is 1. The van der Waals surface area contributed by atoms with E-state index >= 15 is 0 Å². The highest BCUT2D eigenvalue weighted by Gasteiger charge is 2.27. The molecule has 0 aliphatic carbocycles. The Morgan fingerprint density at radius 1 is 1.06 bits per heavy atom. The molecule has 0 N–H and O–H groups in total. The zero-order valence-electron chi connectivity index (χ0n) is 18.6. The maximum Gasteiger partial charge on any atom is 0.243 e. The molecule has 1 aromatic heterocycles. The Balaban J connectivity index is 1.25. The summed E-state index contributed by atoms with van der Waals surface area (Å²) in [5.41, 5.74) is 0. The molecule has 6 nitrogen and oxygen atoms in total. The van der Waals surface area contributed by atoms with Gasteiger partial charge in [-0.25, -0.2) is 12.7 Å². The number of pyridine rings is 1. The first-order valence-electron chi connectivity index (χ1n) is 11.2. The Bertz CT molecular complexity index is 1110. The maximum atomic E-state index is 13.3. The summed E-state index contributed by atoms with van der Waals surface area (Å²) in [6.45, 7) is 4.28. The zero-order chi connectivity index (χ0) is 22.4. The molecule has 4 rings (SSSR count). The fraction of sp³-hybridized carbons (Fsp3) is 0.400. The number of likely N-dealkylation sites (tertiary alicyclic amines) is 1. The Labute approximate surface area is 190 Å². The molecule has 170 valence electrons. The second-order valence-electron chi connectivity index (χ2n) is 8.44. The van der Waals surface area contributed by atoms with E-state index in [1.54, 1.807) is 37.6 Å². The summed E-state index contributed by atoms with van der Waals surface area (Å²) >= 11 is 0. The molecular formula is C25H31N3O3S. The molecule has 0 amide bonds. The minimum atomic E-state index is -3.55. The minimum Gasteiger partial charge on any atom is -0.494 e. The fourth-order valence-corrected chi connectivity index (χ4v) is 5.79. The van der Waals surface area contributed by atoms with E-state index in [-0.39, 0.29) is 0 Å². The lowest BCUT2D eigenvalue weighted by atomic mass is 9.97. The van der Waals surface area contributed by atoms with Gasteiger partial charge in [-0.05, 0) is 62.5 Å². The van der Waals surface area contributed by atoms with E-state index in [0.29, 0.717) is 24.0 Å². The van der Waals surface area contributed by atoms with Gasteiger partial charge in [-0.15, -0.1) is 0 Å². The summed E-state index contributed by atoms with van der Waals surface area (Å²) in [5.74, 6) is 1.29. The van der Waals surface area contributed by atoms with Crippen LogP contribution in [0.2, 0.25) is 0 Å². The van der Waals surface area contributed by atoms with E-state index in [1.807, 2.05) is 36.4 Å². The molecule has 0 unspecified atom stereocenters. The van der Waals surface area contributed by atoms with Crippen LogP contribution < -0.4 is 4.74 Å². The van der Waals surface area contributed by atoms with E-state index < -0.39 is 10.0 Å². The average molecular weight is 454 g/mol. The van der Waals surface area contributed by atoms with E-state index in [2.05, 4.69) is 9.88 Å². The van der Waals surface area contributed by atoms with Crippen molar-refractivity contribution in [2.75, 3.05) is 39.8 Å². The minimum absolute atomic E-state index is 0.357. The monoisotopic (exact) mass is 453 g/mol. The number of hydrogen-bond acceptors (Lipinski definition) is 5. The van der Waals surface area contributed by atoms with Gasteiger partial charge in [0.1, 0.15) is 5.75 Å². The highest BCUT2D eigenvalue weighted by molar-refractivity contribution is 7.89. The van der Waals surface area contributed by atoms with Gasteiger partial charge < -0.3 is 9.64 Å². The molecule has 2 aromatic carbocycles. The first-order chi connectivity index (χ1) is 15.5. The summed E-state index contributed by atoms with van der Waals surface area (Å²) in [4.78, 5) is 6.92. The van der Waals surface area contributed by atoms with Crippen molar-refractivity contribution in [3.63, 3.8) is 0 Å². The Hall–Kier alpha value is -2.48. The quantitative estimate of drug-likeness (QED) is 0.458. The van der Waals surface area contributed by atoms with E-state index in [0.717, 1.165) is 55.4 Å². The van der Waals surface area contributed by atoms with Crippen molar-refractivity contribution >= 4 is 20.8 Å². The van der Waals surface area contributed by atoms with Crippen molar-refractivity contribution in [1.29, 1.82) is 0 Å².